The molecule has 1 unspecified atom stereocenters. The predicted octanol–water partition coefficient (Wildman–Crippen LogP) is 4.24. The highest BCUT2D eigenvalue weighted by Crippen LogP contribution is 2.31. The number of amides is 1. The fraction of sp³-hybridized carbons (Fsp3) is 0.150. The van der Waals surface area contributed by atoms with Crippen LogP contribution in [-0.2, 0) is 17.9 Å². The number of hydrogen-bond donors (Lipinski definition) is 1. The number of nitrogens with zero attached hydrogens (tertiary/aromatic N) is 4. The summed E-state index contributed by atoms with van der Waals surface area (Å²) in [4.78, 5) is 20.0. The van der Waals surface area contributed by atoms with Crippen LogP contribution in [0.3, 0.4) is 0 Å². The van der Waals surface area contributed by atoms with Gasteiger partial charge in [0, 0.05) is 40.2 Å². The third-order valence-electron chi connectivity index (χ3n) is 4.88. The van der Waals surface area contributed by atoms with E-state index in [-0.39, 0.29) is 5.91 Å². The summed E-state index contributed by atoms with van der Waals surface area (Å²) >= 11 is 9.36. The average molecular weight is 442 g/mol. The van der Waals surface area contributed by atoms with Crippen LogP contribution in [0.4, 0.5) is 0 Å². The van der Waals surface area contributed by atoms with Crippen LogP contribution in [0.25, 0.3) is 10.2 Å². The molecule has 1 amide bonds. The number of halogens is 1. The highest BCUT2D eigenvalue weighted by Gasteiger charge is 2.31. The minimum Gasteiger partial charge on any atom is -0.331 e. The van der Waals surface area contributed by atoms with Crippen molar-refractivity contribution >= 4 is 51.0 Å². The first-order valence-corrected chi connectivity index (χ1v) is 11.0. The van der Waals surface area contributed by atoms with Crippen LogP contribution in [-0.4, -0.2) is 25.0 Å². The molecule has 0 fully saturated rings. The number of benzene rings is 2. The number of aromatic nitrogens is 3. The Balaban J connectivity index is 1.29. The van der Waals surface area contributed by atoms with E-state index in [1.54, 1.807) is 40.3 Å². The van der Waals surface area contributed by atoms with Gasteiger partial charge in [0.1, 0.15) is 6.04 Å². The molecule has 1 aliphatic rings. The molecule has 1 aliphatic heterocycles. The van der Waals surface area contributed by atoms with Crippen molar-refractivity contribution in [2.45, 2.75) is 24.0 Å². The summed E-state index contributed by atoms with van der Waals surface area (Å²) in [5, 5.41) is 5.15. The first-order chi connectivity index (χ1) is 14.1. The van der Waals surface area contributed by atoms with Crippen molar-refractivity contribution < 1.29 is 4.79 Å². The summed E-state index contributed by atoms with van der Waals surface area (Å²) in [6.07, 6.45) is 1.98. The Morgan fingerprint density at radius 1 is 1.24 bits per heavy atom. The van der Waals surface area contributed by atoms with Crippen LogP contribution in [0.15, 0.2) is 59.1 Å². The molecule has 2 aromatic carbocycles. The quantitative estimate of drug-likeness (QED) is 0.512. The Morgan fingerprint density at radius 2 is 2.10 bits per heavy atom. The smallest absolute Gasteiger partial charge is 0.244 e. The van der Waals surface area contributed by atoms with E-state index in [1.807, 2.05) is 40.1 Å². The van der Waals surface area contributed by atoms with E-state index < -0.39 is 6.04 Å². The minimum atomic E-state index is -0.777. The number of hydrogen-bond acceptors (Lipinski definition) is 6. The van der Waals surface area contributed by atoms with Gasteiger partial charge in [0.2, 0.25) is 5.91 Å². The maximum Gasteiger partial charge on any atom is 0.244 e. The van der Waals surface area contributed by atoms with Crippen LogP contribution in [0.5, 0.6) is 0 Å². The number of rotatable bonds is 4. The number of thiazole rings is 1. The van der Waals surface area contributed by atoms with E-state index in [0.29, 0.717) is 23.7 Å². The second kappa shape index (κ2) is 7.46. The van der Waals surface area contributed by atoms with Crippen molar-refractivity contribution in [3.05, 3.63) is 76.0 Å². The summed E-state index contributed by atoms with van der Waals surface area (Å²) < 4.78 is 3.00. The van der Waals surface area contributed by atoms with Crippen LogP contribution in [0.1, 0.15) is 22.9 Å². The van der Waals surface area contributed by atoms with Crippen molar-refractivity contribution in [1.82, 2.24) is 19.1 Å². The molecule has 5 rings (SSSR count). The first kappa shape index (κ1) is 18.6. The van der Waals surface area contributed by atoms with Gasteiger partial charge in [-0.3, -0.25) is 4.79 Å². The maximum atomic E-state index is 12.8. The predicted molar refractivity (Wildman–Crippen MR) is 116 cm³/mol. The van der Waals surface area contributed by atoms with Crippen LogP contribution < -0.4 is 5.73 Å². The second-order valence-corrected chi connectivity index (χ2v) is 9.09. The van der Waals surface area contributed by atoms with Crippen molar-refractivity contribution in [3.63, 3.8) is 0 Å². The van der Waals surface area contributed by atoms with Crippen LogP contribution >= 0.6 is 34.9 Å². The lowest BCUT2D eigenvalue weighted by Crippen LogP contribution is -2.35. The summed E-state index contributed by atoms with van der Waals surface area (Å²) in [6, 6.07) is 12.6. The maximum absolute atomic E-state index is 12.8. The fourth-order valence-corrected chi connectivity index (χ4v) is 5.27. The molecule has 2 aromatic heterocycles. The lowest BCUT2D eigenvalue weighted by Gasteiger charge is -2.21. The van der Waals surface area contributed by atoms with E-state index in [2.05, 4.69) is 16.1 Å². The Morgan fingerprint density at radius 3 is 2.93 bits per heavy atom. The van der Waals surface area contributed by atoms with E-state index in [0.717, 1.165) is 26.4 Å². The minimum absolute atomic E-state index is 0.147. The zero-order valence-corrected chi connectivity index (χ0v) is 17.5. The van der Waals surface area contributed by atoms with Crippen LogP contribution in [0.2, 0.25) is 5.02 Å². The van der Waals surface area contributed by atoms with Gasteiger partial charge in [-0.05, 0) is 29.8 Å². The van der Waals surface area contributed by atoms with Gasteiger partial charge in [-0.2, -0.15) is 5.10 Å². The highest BCUT2D eigenvalue weighted by molar-refractivity contribution is 7.97. The number of fused-ring (bicyclic) bond motifs is 2. The molecule has 0 saturated carbocycles. The largest absolute Gasteiger partial charge is 0.331 e. The van der Waals surface area contributed by atoms with Crippen molar-refractivity contribution in [2.24, 2.45) is 5.73 Å². The molecule has 1 atom stereocenters. The molecule has 6 nitrogen and oxygen atoms in total. The normalized spacial score (nSPS) is 14.3. The average Bonchev–Trinajstić information content (AvgIpc) is 3.41. The molecule has 0 bridgehead atoms. The molecule has 9 heteroatoms. The Labute approximate surface area is 180 Å². The number of carbonyl (C=O) groups is 1. The van der Waals surface area contributed by atoms with Gasteiger partial charge < -0.3 is 10.6 Å². The van der Waals surface area contributed by atoms with Crippen molar-refractivity contribution in [1.29, 1.82) is 0 Å². The Hall–Kier alpha value is -2.39. The lowest BCUT2D eigenvalue weighted by molar-refractivity contribution is -0.133. The van der Waals surface area contributed by atoms with E-state index in [9.17, 15) is 4.79 Å². The van der Waals surface area contributed by atoms with Gasteiger partial charge >= 0.3 is 0 Å². The topological polar surface area (TPSA) is 77.0 Å². The van der Waals surface area contributed by atoms with E-state index in [1.165, 1.54) is 0 Å². The van der Waals surface area contributed by atoms with Crippen molar-refractivity contribution in [3.8, 4) is 0 Å². The molecule has 2 N–H and O–H groups in total. The molecule has 0 saturated heterocycles. The second-order valence-electron chi connectivity index (χ2n) is 6.77. The first-order valence-electron chi connectivity index (χ1n) is 8.96. The van der Waals surface area contributed by atoms with E-state index in [4.69, 9.17) is 17.3 Å². The summed E-state index contributed by atoms with van der Waals surface area (Å²) in [6.45, 7) is 0.953. The third-order valence-corrected chi connectivity index (χ3v) is 6.85. The molecule has 0 radical (unpaired) electrons. The molecule has 146 valence electrons. The SMILES string of the molecule is NC(C(=O)N1Cc2cn(Sc3ccc4ncsc4c3)nc2C1)c1ccccc1Cl. The summed E-state index contributed by atoms with van der Waals surface area (Å²) in [7, 11) is 0. The zero-order valence-electron chi connectivity index (χ0n) is 15.2. The van der Waals surface area contributed by atoms with Gasteiger partial charge in [0.15, 0.2) is 0 Å². The van der Waals surface area contributed by atoms with Gasteiger partial charge in [0.05, 0.1) is 28.0 Å². The third kappa shape index (κ3) is 3.53. The highest BCUT2D eigenvalue weighted by atomic mass is 35.5. The Kier molecular flexibility index (Phi) is 4.79. The van der Waals surface area contributed by atoms with Gasteiger partial charge in [-0.1, -0.05) is 29.8 Å². The summed E-state index contributed by atoms with van der Waals surface area (Å²) in [5.41, 5.74) is 11.6. The summed E-state index contributed by atoms with van der Waals surface area (Å²) in [5.74, 6) is -0.147. The molecule has 29 heavy (non-hydrogen) atoms. The number of nitrogens with two attached hydrogens (primary N) is 1. The molecular formula is C20H16ClN5OS2. The molecular weight excluding hydrogens is 426 g/mol. The number of carbonyl (C=O) groups excluding carboxylic acids is 1. The van der Waals surface area contributed by atoms with E-state index >= 15 is 0 Å². The molecule has 3 heterocycles. The van der Waals surface area contributed by atoms with Crippen molar-refractivity contribution in [2.75, 3.05) is 0 Å². The fourth-order valence-electron chi connectivity index (χ4n) is 3.39. The van der Waals surface area contributed by atoms with Crippen LogP contribution in [0, 0.1) is 0 Å². The Bertz CT molecular complexity index is 1200. The molecule has 4 aromatic rings. The van der Waals surface area contributed by atoms with Gasteiger partial charge in [-0.25, -0.2) is 9.07 Å². The lowest BCUT2D eigenvalue weighted by atomic mass is 10.1. The molecule has 0 spiro atoms. The zero-order chi connectivity index (χ0) is 20.0. The standard InChI is InChI=1S/C20H16ClN5OS2/c21-15-4-2-1-3-14(15)19(22)20(27)25-8-12-9-26(24-17(12)10-25)29-13-5-6-16-18(7-13)28-11-23-16/h1-7,9,11,19H,8,10,22H2. The molecule has 0 aliphatic carbocycles. The van der Waals surface area contributed by atoms with Gasteiger partial charge in [0.25, 0.3) is 0 Å². The van der Waals surface area contributed by atoms with Gasteiger partial charge in [-0.15, -0.1) is 11.3 Å². The monoisotopic (exact) mass is 441 g/mol.